The van der Waals surface area contributed by atoms with E-state index in [1.54, 1.807) is 0 Å². The van der Waals surface area contributed by atoms with Crippen molar-refractivity contribution in [1.82, 2.24) is 9.97 Å². The third-order valence-corrected chi connectivity index (χ3v) is 3.18. The number of nitrogens with zero attached hydrogens (tertiary/aromatic N) is 2. The van der Waals surface area contributed by atoms with Gasteiger partial charge in [0.2, 0.25) is 0 Å². The second kappa shape index (κ2) is 5.42. The van der Waals surface area contributed by atoms with Crippen LogP contribution in [0.3, 0.4) is 0 Å². The summed E-state index contributed by atoms with van der Waals surface area (Å²) in [6.45, 7) is 3.67. The van der Waals surface area contributed by atoms with Crippen LogP contribution in [0.1, 0.15) is 39.5 Å². The van der Waals surface area contributed by atoms with Crippen molar-refractivity contribution in [3.05, 3.63) is 12.4 Å². The maximum Gasteiger partial charge on any atom is 0.305 e. The van der Waals surface area contributed by atoms with Gasteiger partial charge in [-0.05, 0) is 33.1 Å². The summed E-state index contributed by atoms with van der Waals surface area (Å²) in [7, 11) is 0. The first kappa shape index (κ1) is 13.6. The lowest BCUT2D eigenvalue weighted by atomic mass is 9.93. The molecule has 2 rings (SSSR count). The van der Waals surface area contributed by atoms with E-state index in [-0.39, 0.29) is 6.42 Å². The number of carboxylic acid groups (broad SMARTS) is 1. The van der Waals surface area contributed by atoms with Gasteiger partial charge < -0.3 is 15.7 Å². The predicted molar refractivity (Wildman–Crippen MR) is 73.2 cm³/mol. The first-order valence-electron chi connectivity index (χ1n) is 6.53. The highest BCUT2D eigenvalue weighted by atomic mass is 16.4. The molecular weight excluding hydrogens is 244 g/mol. The number of nitrogens with one attached hydrogen (secondary N) is 2. The summed E-state index contributed by atoms with van der Waals surface area (Å²) < 4.78 is 0. The first-order chi connectivity index (χ1) is 8.94. The van der Waals surface area contributed by atoms with Crippen LogP contribution in [0.5, 0.6) is 0 Å². The Labute approximate surface area is 112 Å². The van der Waals surface area contributed by atoms with Crippen LogP contribution in [0.25, 0.3) is 0 Å². The van der Waals surface area contributed by atoms with E-state index in [0.29, 0.717) is 11.9 Å². The van der Waals surface area contributed by atoms with E-state index in [0.717, 1.165) is 5.82 Å². The van der Waals surface area contributed by atoms with Crippen LogP contribution in [0.4, 0.5) is 11.6 Å². The second-order valence-corrected chi connectivity index (χ2v) is 5.64. The average Bonchev–Trinajstić information content (AvgIpc) is 2.21. The van der Waals surface area contributed by atoms with Gasteiger partial charge >= 0.3 is 5.97 Å². The van der Waals surface area contributed by atoms with Gasteiger partial charge in [-0.1, -0.05) is 0 Å². The van der Waals surface area contributed by atoms with Gasteiger partial charge in [0.1, 0.15) is 18.0 Å². The molecule has 0 spiro atoms. The number of rotatable bonds is 6. The first-order valence-corrected chi connectivity index (χ1v) is 6.53. The number of carbonyl (C=O) groups is 1. The summed E-state index contributed by atoms with van der Waals surface area (Å²) in [5.74, 6) is 0.593. The van der Waals surface area contributed by atoms with Crippen molar-refractivity contribution < 1.29 is 9.90 Å². The molecule has 1 aromatic rings. The molecule has 6 nitrogen and oxygen atoms in total. The molecule has 0 radical (unpaired) electrons. The average molecular weight is 264 g/mol. The summed E-state index contributed by atoms with van der Waals surface area (Å²) in [6, 6.07) is 2.33. The van der Waals surface area contributed by atoms with Crippen LogP contribution in [0.15, 0.2) is 12.4 Å². The fourth-order valence-electron chi connectivity index (χ4n) is 2.04. The zero-order valence-electron chi connectivity index (χ0n) is 11.3. The Kier molecular flexibility index (Phi) is 3.87. The number of aromatic nitrogens is 2. The van der Waals surface area contributed by atoms with Gasteiger partial charge in [-0.3, -0.25) is 4.79 Å². The van der Waals surface area contributed by atoms with Crippen molar-refractivity contribution in [2.75, 3.05) is 10.6 Å². The number of hydrogen-bond acceptors (Lipinski definition) is 5. The van der Waals surface area contributed by atoms with Crippen LogP contribution < -0.4 is 10.6 Å². The third-order valence-electron chi connectivity index (χ3n) is 3.18. The highest BCUT2D eigenvalue weighted by Gasteiger charge is 2.22. The van der Waals surface area contributed by atoms with Crippen molar-refractivity contribution in [2.45, 2.75) is 51.1 Å². The Bertz CT molecular complexity index is 458. The normalized spacial score (nSPS) is 15.7. The highest BCUT2D eigenvalue weighted by molar-refractivity contribution is 5.69. The monoisotopic (exact) mass is 264 g/mol. The molecule has 0 amide bonds. The van der Waals surface area contributed by atoms with E-state index in [9.17, 15) is 4.79 Å². The molecule has 1 heterocycles. The van der Waals surface area contributed by atoms with Crippen LogP contribution in [0.2, 0.25) is 0 Å². The Morgan fingerprint density at radius 1 is 1.42 bits per heavy atom. The predicted octanol–water partition coefficient (Wildman–Crippen LogP) is 2.11. The van der Waals surface area contributed by atoms with Gasteiger partial charge in [0, 0.05) is 17.6 Å². The third kappa shape index (κ3) is 4.08. The SMILES string of the molecule is CC(C)(CC(=O)O)Nc1cc(NC2CCC2)ncn1. The molecule has 104 valence electrons. The molecule has 3 N–H and O–H groups in total. The van der Waals surface area contributed by atoms with E-state index in [1.165, 1.54) is 25.6 Å². The molecule has 0 saturated heterocycles. The Morgan fingerprint density at radius 3 is 2.68 bits per heavy atom. The minimum Gasteiger partial charge on any atom is -0.481 e. The second-order valence-electron chi connectivity index (χ2n) is 5.64. The number of aliphatic carboxylic acids is 1. The lowest BCUT2D eigenvalue weighted by molar-refractivity contribution is -0.137. The minimum absolute atomic E-state index is 0.0301. The largest absolute Gasteiger partial charge is 0.481 e. The molecule has 0 atom stereocenters. The van der Waals surface area contributed by atoms with E-state index in [4.69, 9.17) is 5.11 Å². The van der Waals surface area contributed by atoms with Gasteiger partial charge in [0.05, 0.1) is 6.42 Å². The topological polar surface area (TPSA) is 87.1 Å². The lowest BCUT2D eigenvalue weighted by Crippen LogP contribution is -2.34. The maximum absolute atomic E-state index is 10.8. The van der Waals surface area contributed by atoms with Crippen molar-refractivity contribution >= 4 is 17.6 Å². The van der Waals surface area contributed by atoms with Crippen molar-refractivity contribution in [3.8, 4) is 0 Å². The fraction of sp³-hybridized carbons (Fsp3) is 0.615. The summed E-state index contributed by atoms with van der Waals surface area (Å²) in [5, 5.41) is 15.3. The molecule has 0 aromatic carbocycles. The molecule has 0 aliphatic heterocycles. The number of anilines is 2. The van der Waals surface area contributed by atoms with Crippen LogP contribution in [-0.4, -0.2) is 32.6 Å². The van der Waals surface area contributed by atoms with Gasteiger partial charge in [0.25, 0.3) is 0 Å². The minimum atomic E-state index is -0.834. The van der Waals surface area contributed by atoms with Gasteiger partial charge in [-0.2, -0.15) is 0 Å². The number of hydrogen-bond donors (Lipinski definition) is 3. The van der Waals surface area contributed by atoms with Crippen molar-refractivity contribution in [2.24, 2.45) is 0 Å². The molecule has 6 heteroatoms. The van der Waals surface area contributed by atoms with Gasteiger partial charge in [-0.15, -0.1) is 0 Å². The molecule has 1 aliphatic carbocycles. The molecule has 1 aromatic heterocycles. The van der Waals surface area contributed by atoms with E-state index in [1.807, 2.05) is 19.9 Å². The Morgan fingerprint density at radius 2 is 2.11 bits per heavy atom. The van der Waals surface area contributed by atoms with Gasteiger partial charge in [0.15, 0.2) is 0 Å². The molecule has 0 bridgehead atoms. The quantitative estimate of drug-likeness (QED) is 0.729. The summed E-state index contributed by atoms with van der Waals surface area (Å²) >= 11 is 0. The van der Waals surface area contributed by atoms with Crippen LogP contribution in [0, 0.1) is 0 Å². The van der Waals surface area contributed by atoms with E-state index in [2.05, 4.69) is 20.6 Å². The summed E-state index contributed by atoms with van der Waals surface area (Å²) in [4.78, 5) is 19.1. The lowest BCUT2D eigenvalue weighted by Gasteiger charge is -2.28. The number of carboxylic acids is 1. The Hall–Kier alpha value is -1.85. The van der Waals surface area contributed by atoms with E-state index >= 15 is 0 Å². The summed E-state index contributed by atoms with van der Waals surface area (Å²) in [6.07, 6.45) is 5.14. The molecule has 19 heavy (non-hydrogen) atoms. The zero-order valence-corrected chi connectivity index (χ0v) is 11.3. The summed E-state index contributed by atoms with van der Waals surface area (Å²) in [5.41, 5.74) is -0.548. The smallest absolute Gasteiger partial charge is 0.305 e. The zero-order chi connectivity index (χ0) is 13.9. The van der Waals surface area contributed by atoms with Crippen LogP contribution in [-0.2, 0) is 4.79 Å². The maximum atomic E-state index is 10.8. The molecule has 0 unspecified atom stereocenters. The van der Waals surface area contributed by atoms with Gasteiger partial charge in [-0.25, -0.2) is 9.97 Å². The molecular formula is C13H20N4O2. The van der Waals surface area contributed by atoms with Crippen molar-refractivity contribution in [1.29, 1.82) is 0 Å². The van der Waals surface area contributed by atoms with Crippen molar-refractivity contribution in [3.63, 3.8) is 0 Å². The fourth-order valence-corrected chi connectivity index (χ4v) is 2.04. The molecule has 1 fully saturated rings. The van der Waals surface area contributed by atoms with Crippen LogP contribution >= 0.6 is 0 Å². The standard InChI is InChI=1S/C13H20N4O2/c1-13(2,7-12(18)19)17-11-6-10(14-8-15-11)16-9-4-3-5-9/h6,8-9H,3-5,7H2,1-2H3,(H,18,19)(H2,14,15,16,17). The molecule has 1 saturated carbocycles. The Balaban J connectivity index is 1.99. The van der Waals surface area contributed by atoms with E-state index < -0.39 is 11.5 Å². The highest BCUT2D eigenvalue weighted by Crippen LogP contribution is 2.23. The molecule has 1 aliphatic rings.